The highest BCUT2D eigenvalue weighted by Crippen LogP contribution is 2.40. The molecule has 0 spiro atoms. The zero-order valence-electron chi connectivity index (χ0n) is 10.7. The highest BCUT2D eigenvalue weighted by Gasteiger charge is 2.15. The van der Waals surface area contributed by atoms with Gasteiger partial charge in [0.2, 0.25) is 5.75 Å². The van der Waals surface area contributed by atoms with E-state index in [0.717, 1.165) is 17.9 Å². The van der Waals surface area contributed by atoms with Crippen molar-refractivity contribution in [3.8, 4) is 17.2 Å². The zero-order valence-corrected chi connectivity index (χ0v) is 10.7. The highest BCUT2D eigenvalue weighted by molar-refractivity contribution is 5.54. The molecule has 0 N–H and O–H groups in total. The molecule has 0 unspecified atom stereocenters. The maximum absolute atomic E-state index is 5.31. The number of hydrogen-bond acceptors (Lipinski definition) is 3. The molecule has 1 aromatic carbocycles. The third kappa shape index (κ3) is 2.40. The van der Waals surface area contributed by atoms with Gasteiger partial charge in [-0.15, -0.1) is 0 Å². The molecule has 0 bridgehead atoms. The summed E-state index contributed by atoms with van der Waals surface area (Å²) < 4.78 is 15.9. The van der Waals surface area contributed by atoms with E-state index < -0.39 is 0 Å². The quantitative estimate of drug-likeness (QED) is 0.768. The van der Waals surface area contributed by atoms with Crippen LogP contribution in [-0.2, 0) is 0 Å². The first-order valence-corrected chi connectivity index (χ1v) is 5.47. The summed E-state index contributed by atoms with van der Waals surface area (Å²) in [5.74, 6) is 2.57. The topological polar surface area (TPSA) is 27.7 Å². The van der Waals surface area contributed by atoms with Gasteiger partial charge in [-0.25, -0.2) is 0 Å². The molecule has 3 nitrogen and oxygen atoms in total. The van der Waals surface area contributed by atoms with Crippen LogP contribution in [0.15, 0.2) is 12.1 Å². The van der Waals surface area contributed by atoms with Crippen LogP contribution in [0.5, 0.6) is 17.2 Å². The van der Waals surface area contributed by atoms with Crippen LogP contribution < -0.4 is 14.2 Å². The molecule has 0 fully saturated rings. The molecule has 0 aliphatic heterocycles. The van der Waals surface area contributed by atoms with Gasteiger partial charge in [-0.1, -0.05) is 13.8 Å². The van der Waals surface area contributed by atoms with Crippen molar-refractivity contribution in [3.05, 3.63) is 17.7 Å². The second kappa shape index (κ2) is 5.64. The second-order valence-corrected chi connectivity index (χ2v) is 3.77. The molecule has 1 aromatic rings. The lowest BCUT2D eigenvalue weighted by atomic mass is 9.98. The van der Waals surface area contributed by atoms with Crippen molar-refractivity contribution in [2.75, 3.05) is 21.3 Å². The van der Waals surface area contributed by atoms with E-state index >= 15 is 0 Å². The molecule has 16 heavy (non-hydrogen) atoms. The Kier molecular flexibility index (Phi) is 4.47. The minimum Gasteiger partial charge on any atom is -0.493 e. The average molecular weight is 224 g/mol. The molecule has 0 aromatic heterocycles. The van der Waals surface area contributed by atoms with E-state index in [-0.39, 0.29) is 0 Å². The Morgan fingerprint density at radius 2 is 1.50 bits per heavy atom. The van der Waals surface area contributed by atoms with Crippen LogP contribution in [0.25, 0.3) is 0 Å². The molecule has 1 atom stereocenters. The van der Waals surface area contributed by atoms with Crippen molar-refractivity contribution >= 4 is 0 Å². The van der Waals surface area contributed by atoms with Crippen molar-refractivity contribution in [3.63, 3.8) is 0 Å². The van der Waals surface area contributed by atoms with Crippen molar-refractivity contribution in [1.29, 1.82) is 0 Å². The van der Waals surface area contributed by atoms with Gasteiger partial charge < -0.3 is 14.2 Å². The number of benzene rings is 1. The minimum atomic E-state index is 0.480. The second-order valence-electron chi connectivity index (χ2n) is 3.77. The Labute approximate surface area is 97.3 Å². The van der Waals surface area contributed by atoms with Crippen LogP contribution in [0.1, 0.15) is 31.7 Å². The Bertz CT molecular complexity index is 322. The zero-order chi connectivity index (χ0) is 12.1. The van der Waals surface area contributed by atoms with E-state index in [1.807, 2.05) is 12.1 Å². The number of methoxy groups -OCH3 is 3. The number of ether oxygens (including phenoxy) is 3. The molecule has 0 saturated heterocycles. The molecule has 0 saturated carbocycles. The summed E-state index contributed by atoms with van der Waals surface area (Å²) in [5, 5.41) is 0. The van der Waals surface area contributed by atoms with E-state index in [2.05, 4.69) is 13.8 Å². The van der Waals surface area contributed by atoms with E-state index in [1.165, 1.54) is 5.56 Å². The van der Waals surface area contributed by atoms with Gasteiger partial charge in [0.05, 0.1) is 21.3 Å². The fourth-order valence-electron chi connectivity index (χ4n) is 1.62. The van der Waals surface area contributed by atoms with Crippen LogP contribution in [0.3, 0.4) is 0 Å². The fourth-order valence-corrected chi connectivity index (χ4v) is 1.62. The van der Waals surface area contributed by atoms with Crippen molar-refractivity contribution < 1.29 is 14.2 Å². The standard InChI is InChI=1S/C13H20O3/c1-6-9(2)10-7-11(14-3)13(16-5)12(8-10)15-4/h7-9H,6H2,1-5H3/t9-/m0/s1. The first-order valence-electron chi connectivity index (χ1n) is 5.47. The van der Waals surface area contributed by atoms with E-state index in [4.69, 9.17) is 14.2 Å². The van der Waals surface area contributed by atoms with Gasteiger partial charge in [-0.3, -0.25) is 0 Å². The van der Waals surface area contributed by atoms with Crippen LogP contribution in [-0.4, -0.2) is 21.3 Å². The first kappa shape index (κ1) is 12.7. The molecule has 0 amide bonds. The Balaban J connectivity index is 3.25. The SMILES string of the molecule is CC[C@H](C)c1cc(OC)c(OC)c(OC)c1. The molecular weight excluding hydrogens is 204 g/mol. The van der Waals surface area contributed by atoms with Gasteiger partial charge in [0.15, 0.2) is 11.5 Å². The third-order valence-corrected chi connectivity index (χ3v) is 2.87. The Hall–Kier alpha value is -1.38. The van der Waals surface area contributed by atoms with Gasteiger partial charge in [-0.2, -0.15) is 0 Å². The van der Waals surface area contributed by atoms with Gasteiger partial charge in [-0.05, 0) is 30.0 Å². The summed E-state index contributed by atoms with van der Waals surface area (Å²) in [6.45, 7) is 4.34. The maximum Gasteiger partial charge on any atom is 0.203 e. The monoisotopic (exact) mass is 224 g/mol. The predicted molar refractivity (Wildman–Crippen MR) is 64.8 cm³/mol. The van der Waals surface area contributed by atoms with Crippen molar-refractivity contribution in [2.24, 2.45) is 0 Å². The molecule has 0 radical (unpaired) electrons. The van der Waals surface area contributed by atoms with Crippen molar-refractivity contribution in [1.82, 2.24) is 0 Å². The Morgan fingerprint density at radius 3 is 1.81 bits per heavy atom. The summed E-state index contributed by atoms with van der Waals surface area (Å²) in [6.07, 6.45) is 1.08. The molecule has 90 valence electrons. The Morgan fingerprint density at radius 1 is 1.00 bits per heavy atom. The van der Waals surface area contributed by atoms with Gasteiger partial charge in [0.1, 0.15) is 0 Å². The summed E-state index contributed by atoms with van der Waals surface area (Å²) in [6, 6.07) is 4.02. The predicted octanol–water partition coefficient (Wildman–Crippen LogP) is 3.23. The molecule has 0 heterocycles. The smallest absolute Gasteiger partial charge is 0.203 e. The van der Waals surface area contributed by atoms with Crippen LogP contribution in [0.2, 0.25) is 0 Å². The number of rotatable bonds is 5. The largest absolute Gasteiger partial charge is 0.493 e. The first-order chi connectivity index (χ1) is 7.67. The third-order valence-electron chi connectivity index (χ3n) is 2.87. The lowest BCUT2D eigenvalue weighted by Crippen LogP contribution is -1.99. The fraction of sp³-hybridized carbons (Fsp3) is 0.538. The van der Waals surface area contributed by atoms with E-state index in [1.54, 1.807) is 21.3 Å². The molecule has 0 aliphatic rings. The highest BCUT2D eigenvalue weighted by atomic mass is 16.5. The average Bonchev–Trinajstić information content (AvgIpc) is 2.35. The molecule has 3 heteroatoms. The van der Waals surface area contributed by atoms with Gasteiger partial charge in [0, 0.05) is 0 Å². The minimum absolute atomic E-state index is 0.480. The number of hydrogen-bond donors (Lipinski definition) is 0. The normalized spacial score (nSPS) is 12.1. The van der Waals surface area contributed by atoms with Crippen LogP contribution in [0, 0.1) is 0 Å². The summed E-state index contributed by atoms with van der Waals surface area (Å²) >= 11 is 0. The summed E-state index contributed by atoms with van der Waals surface area (Å²) in [5.41, 5.74) is 1.21. The molecule has 0 aliphatic carbocycles. The summed E-state index contributed by atoms with van der Waals surface area (Å²) in [4.78, 5) is 0. The van der Waals surface area contributed by atoms with E-state index in [9.17, 15) is 0 Å². The van der Waals surface area contributed by atoms with Gasteiger partial charge >= 0.3 is 0 Å². The van der Waals surface area contributed by atoms with Crippen LogP contribution in [0.4, 0.5) is 0 Å². The molecular formula is C13H20O3. The molecule has 1 rings (SSSR count). The van der Waals surface area contributed by atoms with Gasteiger partial charge in [0.25, 0.3) is 0 Å². The van der Waals surface area contributed by atoms with Crippen LogP contribution >= 0.6 is 0 Å². The van der Waals surface area contributed by atoms with E-state index in [0.29, 0.717) is 11.7 Å². The lowest BCUT2D eigenvalue weighted by Gasteiger charge is -2.16. The maximum atomic E-state index is 5.31. The lowest BCUT2D eigenvalue weighted by molar-refractivity contribution is 0.323. The summed E-state index contributed by atoms with van der Waals surface area (Å²) in [7, 11) is 4.89. The van der Waals surface area contributed by atoms with Crippen molar-refractivity contribution in [2.45, 2.75) is 26.2 Å².